The predicted octanol–water partition coefficient (Wildman–Crippen LogP) is 3.20. The molecule has 1 fully saturated rings. The Morgan fingerprint density at radius 2 is 2.16 bits per heavy atom. The number of carbonyl (C=O) groups excluding carboxylic acids is 1. The maximum absolute atomic E-state index is 13.2. The van der Waals surface area contributed by atoms with Gasteiger partial charge in [-0.2, -0.15) is 0 Å². The van der Waals surface area contributed by atoms with Crippen molar-refractivity contribution >= 4 is 16.9 Å². The lowest BCUT2D eigenvalue weighted by molar-refractivity contribution is -0.126. The topological polar surface area (TPSA) is 42.2 Å². The average Bonchev–Trinajstić information content (AvgIpc) is 3.11. The van der Waals surface area contributed by atoms with E-state index in [0.29, 0.717) is 5.58 Å². The summed E-state index contributed by atoms with van der Waals surface area (Å²) < 4.78 is 18.9. The van der Waals surface area contributed by atoms with E-state index in [1.165, 1.54) is 12.1 Å². The molecule has 1 aliphatic carbocycles. The molecular weight excluding hydrogens is 245 g/mol. The second-order valence-electron chi connectivity index (χ2n) is 5.29. The normalized spacial score (nSPS) is 18.3. The molecule has 100 valence electrons. The van der Waals surface area contributed by atoms with E-state index in [1.54, 1.807) is 13.1 Å². The fraction of sp³-hybridized carbons (Fsp3) is 0.400. The molecular formula is C15H16FNO2. The summed E-state index contributed by atoms with van der Waals surface area (Å²) in [5, 5.41) is 3.59. The van der Waals surface area contributed by atoms with Gasteiger partial charge in [0.15, 0.2) is 0 Å². The van der Waals surface area contributed by atoms with Gasteiger partial charge in [-0.05, 0) is 31.0 Å². The third-order valence-corrected chi connectivity index (χ3v) is 4.22. The van der Waals surface area contributed by atoms with Crippen LogP contribution in [0.4, 0.5) is 4.39 Å². The van der Waals surface area contributed by atoms with Gasteiger partial charge in [0.1, 0.15) is 17.2 Å². The van der Waals surface area contributed by atoms with Crippen molar-refractivity contribution in [3.63, 3.8) is 0 Å². The first-order chi connectivity index (χ1) is 9.06. The predicted molar refractivity (Wildman–Crippen MR) is 70.3 cm³/mol. The average molecular weight is 261 g/mol. The number of halogens is 1. The van der Waals surface area contributed by atoms with E-state index in [-0.39, 0.29) is 23.1 Å². The van der Waals surface area contributed by atoms with Crippen LogP contribution in [0.25, 0.3) is 11.0 Å². The summed E-state index contributed by atoms with van der Waals surface area (Å²) in [5.74, 6) is 0.504. The molecule has 0 aliphatic heterocycles. The van der Waals surface area contributed by atoms with Crippen molar-refractivity contribution < 1.29 is 13.6 Å². The molecule has 3 rings (SSSR count). The van der Waals surface area contributed by atoms with Gasteiger partial charge in [0.25, 0.3) is 0 Å². The maximum atomic E-state index is 13.2. The van der Waals surface area contributed by atoms with E-state index >= 15 is 0 Å². The highest BCUT2D eigenvalue weighted by molar-refractivity contribution is 5.86. The molecule has 1 aromatic heterocycles. The quantitative estimate of drug-likeness (QED) is 0.921. The summed E-state index contributed by atoms with van der Waals surface area (Å²) in [6.07, 6.45) is 1.75. The van der Waals surface area contributed by atoms with Crippen LogP contribution in [-0.4, -0.2) is 13.0 Å². The van der Waals surface area contributed by atoms with Gasteiger partial charge in [-0.3, -0.25) is 4.79 Å². The fourth-order valence-electron chi connectivity index (χ4n) is 2.75. The van der Waals surface area contributed by atoms with E-state index in [9.17, 15) is 9.18 Å². The van der Waals surface area contributed by atoms with Crippen LogP contribution < -0.4 is 5.32 Å². The number of benzene rings is 1. The van der Waals surface area contributed by atoms with Crippen LogP contribution in [0, 0.1) is 11.2 Å². The molecule has 0 saturated heterocycles. The summed E-state index contributed by atoms with van der Waals surface area (Å²) in [4.78, 5) is 12.0. The molecule has 0 radical (unpaired) electrons. The van der Waals surface area contributed by atoms with Gasteiger partial charge < -0.3 is 9.73 Å². The van der Waals surface area contributed by atoms with Crippen LogP contribution in [0.3, 0.4) is 0 Å². The lowest BCUT2D eigenvalue weighted by Gasteiger charge is -2.19. The summed E-state index contributed by atoms with van der Waals surface area (Å²) in [6.45, 7) is 2.00. The summed E-state index contributed by atoms with van der Waals surface area (Å²) in [6, 6.07) is 6.40. The van der Waals surface area contributed by atoms with Crippen LogP contribution in [0.1, 0.15) is 31.4 Å². The first-order valence-electron chi connectivity index (χ1n) is 6.48. The highest BCUT2D eigenvalue weighted by Gasteiger charge is 2.54. The molecule has 4 heteroatoms. The van der Waals surface area contributed by atoms with Crippen molar-refractivity contribution in [2.75, 3.05) is 7.05 Å². The molecule has 1 saturated carbocycles. The third kappa shape index (κ3) is 1.82. The van der Waals surface area contributed by atoms with Gasteiger partial charge in [0, 0.05) is 24.4 Å². The van der Waals surface area contributed by atoms with Gasteiger partial charge in [0.2, 0.25) is 5.91 Å². The number of nitrogens with one attached hydrogen (secondary N) is 1. The Balaban J connectivity index is 1.98. The number of carbonyl (C=O) groups is 1. The number of furan rings is 1. The van der Waals surface area contributed by atoms with Crippen molar-refractivity contribution in [1.82, 2.24) is 5.32 Å². The minimum absolute atomic E-state index is 0.00270. The maximum Gasteiger partial charge on any atom is 0.226 e. The summed E-state index contributed by atoms with van der Waals surface area (Å²) in [7, 11) is 1.66. The molecule has 2 aromatic rings. The lowest BCUT2D eigenvalue weighted by Crippen LogP contribution is -2.32. The standard InChI is InChI=1S/C15H16FNO2/c1-9(15(5-6-15)14(18)17-2)12-7-10-3-4-11(16)8-13(10)19-12/h3-4,7-9H,5-6H2,1-2H3,(H,17,18)/t9-/m0/s1. The Hall–Kier alpha value is -1.84. The van der Waals surface area contributed by atoms with E-state index < -0.39 is 0 Å². The first kappa shape index (κ1) is 12.2. The van der Waals surface area contributed by atoms with E-state index in [4.69, 9.17) is 4.42 Å². The SMILES string of the molecule is CNC(=O)C1([C@@H](C)c2cc3ccc(F)cc3o2)CC1. The summed E-state index contributed by atoms with van der Waals surface area (Å²) in [5.41, 5.74) is 0.191. The van der Waals surface area contributed by atoms with Crippen LogP contribution in [0.5, 0.6) is 0 Å². The van der Waals surface area contributed by atoms with Crippen molar-refractivity contribution in [3.8, 4) is 0 Å². The number of rotatable bonds is 3. The lowest BCUT2D eigenvalue weighted by atomic mass is 9.87. The zero-order valence-electron chi connectivity index (χ0n) is 11.0. The van der Waals surface area contributed by atoms with Gasteiger partial charge in [-0.15, -0.1) is 0 Å². The van der Waals surface area contributed by atoms with Gasteiger partial charge >= 0.3 is 0 Å². The van der Waals surface area contributed by atoms with Gasteiger partial charge in [-0.25, -0.2) is 4.39 Å². The molecule has 1 aromatic carbocycles. The van der Waals surface area contributed by atoms with Crippen molar-refractivity contribution in [2.24, 2.45) is 5.41 Å². The van der Waals surface area contributed by atoms with Crippen LogP contribution in [0.2, 0.25) is 0 Å². The molecule has 3 nitrogen and oxygen atoms in total. The van der Waals surface area contributed by atoms with Crippen molar-refractivity contribution in [3.05, 3.63) is 35.8 Å². The number of fused-ring (bicyclic) bond motifs is 1. The number of hydrogen-bond donors (Lipinski definition) is 1. The molecule has 0 unspecified atom stereocenters. The number of amides is 1. The minimum atomic E-state index is -0.346. The van der Waals surface area contributed by atoms with Crippen molar-refractivity contribution in [1.29, 1.82) is 0 Å². The Labute approximate surface area is 110 Å². The highest BCUT2D eigenvalue weighted by Crippen LogP contribution is 2.56. The van der Waals surface area contributed by atoms with Crippen molar-refractivity contribution in [2.45, 2.75) is 25.7 Å². The molecule has 1 atom stereocenters. The third-order valence-electron chi connectivity index (χ3n) is 4.22. The fourth-order valence-corrected chi connectivity index (χ4v) is 2.75. The Bertz CT molecular complexity index is 643. The van der Waals surface area contributed by atoms with E-state index in [0.717, 1.165) is 24.0 Å². The Kier molecular flexibility index (Phi) is 2.62. The first-order valence-corrected chi connectivity index (χ1v) is 6.48. The molecule has 1 heterocycles. The zero-order valence-corrected chi connectivity index (χ0v) is 11.0. The second kappa shape index (κ2) is 4.08. The minimum Gasteiger partial charge on any atom is -0.461 e. The monoisotopic (exact) mass is 261 g/mol. The smallest absolute Gasteiger partial charge is 0.226 e. The molecule has 1 amide bonds. The van der Waals surface area contributed by atoms with Gasteiger partial charge in [0.05, 0.1) is 5.41 Å². The van der Waals surface area contributed by atoms with E-state index in [1.807, 2.05) is 13.0 Å². The molecule has 1 N–H and O–H groups in total. The molecule has 1 aliphatic rings. The van der Waals surface area contributed by atoms with E-state index in [2.05, 4.69) is 5.32 Å². The highest BCUT2D eigenvalue weighted by atomic mass is 19.1. The molecule has 0 spiro atoms. The van der Waals surface area contributed by atoms with Crippen LogP contribution >= 0.6 is 0 Å². The number of hydrogen-bond acceptors (Lipinski definition) is 2. The molecule has 0 bridgehead atoms. The Morgan fingerprint density at radius 3 is 2.79 bits per heavy atom. The summed E-state index contributed by atoms with van der Waals surface area (Å²) >= 11 is 0. The zero-order chi connectivity index (χ0) is 13.6. The Morgan fingerprint density at radius 1 is 1.42 bits per heavy atom. The largest absolute Gasteiger partial charge is 0.461 e. The van der Waals surface area contributed by atoms with Gasteiger partial charge in [-0.1, -0.05) is 6.92 Å². The molecule has 19 heavy (non-hydrogen) atoms. The second-order valence-corrected chi connectivity index (χ2v) is 5.29. The van der Waals surface area contributed by atoms with Crippen LogP contribution in [0.15, 0.2) is 28.7 Å². The van der Waals surface area contributed by atoms with Crippen LogP contribution in [-0.2, 0) is 4.79 Å².